The standard InChI is InChI=1S/C21H33N5OS/c1-5-26(6-2)13-14-27-19-10-8-7-9-18(19)16-25-21(22-4)23-12-11-20-24-15-17(3)28-20/h7-10,15H,5-6,11-14,16H2,1-4H3,(H2,22,23,25). The number of likely N-dealkylation sites (N-methyl/N-ethyl adjacent to an activating group) is 1. The predicted molar refractivity (Wildman–Crippen MR) is 118 cm³/mol. The van der Waals surface area contributed by atoms with Gasteiger partial charge in [-0.25, -0.2) is 4.98 Å². The maximum Gasteiger partial charge on any atom is 0.191 e. The summed E-state index contributed by atoms with van der Waals surface area (Å²) in [7, 11) is 1.79. The van der Waals surface area contributed by atoms with Crippen molar-refractivity contribution in [3.8, 4) is 5.75 Å². The number of hydrogen-bond donors (Lipinski definition) is 2. The minimum absolute atomic E-state index is 0.664. The molecule has 0 radical (unpaired) electrons. The van der Waals surface area contributed by atoms with Crippen LogP contribution in [-0.4, -0.2) is 55.7 Å². The molecule has 0 aliphatic heterocycles. The molecular formula is C21H33N5OS. The predicted octanol–water partition coefficient (Wildman–Crippen LogP) is 3.08. The zero-order valence-electron chi connectivity index (χ0n) is 17.5. The molecule has 0 atom stereocenters. The van der Waals surface area contributed by atoms with E-state index in [9.17, 15) is 0 Å². The van der Waals surface area contributed by atoms with Crippen molar-refractivity contribution in [1.82, 2.24) is 20.5 Å². The second-order valence-corrected chi connectivity index (χ2v) is 7.77. The van der Waals surface area contributed by atoms with Gasteiger partial charge < -0.3 is 20.3 Å². The van der Waals surface area contributed by atoms with Crippen molar-refractivity contribution >= 4 is 17.3 Å². The molecule has 6 nitrogen and oxygen atoms in total. The van der Waals surface area contributed by atoms with Crippen LogP contribution in [0.1, 0.15) is 29.3 Å². The first-order chi connectivity index (χ1) is 13.7. The van der Waals surface area contributed by atoms with Crippen LogP contribution in [0.2, 0.25) is 0 Å². The van der Waals surface area contributed by atoms with E-state index >= 15 is 0 Å². The van der Waals surface area contributed by atoms with Crippen molar-refractivity contribution in [2.45, 2.75) is 33.7 Å². The fourth-order valence-corrected chi connectivity index (χ4v) is 3.61. The average Bonchev–Trinajstić information content (AvgIpc) is 3.13. The third-order valence-electron chi connectivity index (χ3n) is 4.50. The number of nitrogens with zero attached hydrogens (tertiary/aromatic N) is 3. The van der Waals surface area contributed by atoms with Crippen molar-refractivity contribution in [2.75, 3.05) is 39.8 Å². The molecule has 2 aromatic rings. The van der Waals surface area contributed by atoms with Crippen LogP contribution in [-0.2, 0) is 13.0 Å². The molecule has 0 saturated carbocycles. The Morgan fingerprint density at radius 1 is 1.21 bits per heavy atom. The normalized spacial score (nSPS) is 11.7. The molecule has 0 bridgehead atoms. The third kappa shape index (κ3) is 7.48. The summed E-state index contributed by atoms with van der Waals surface area (Å²) in [5.74, 6) is 1.71. The average molecular weight is 404 g/mol. The van der Waals surface area contributed by atoms with E-state index in [1.54, 1.807) is 18.4 Å². The molecule has 0 saturated heterocycles. The van der Waals surface area contributed by atoms with Gasteiger partial charge >= 0.3 is 0 Å². The molecule has 2 N–H and O–H groups in total. The topological polar surface area (TPSA) is 61.8 Å². The number of nitrogens with one attached hydrogen (secondary N) is 2. The molecular weight excluding hydrogens is 370 g/mol. The zero-order valence-corrected chi connectivity index (χ0v) is 18.3. The third-order valence-corrected chi connectivity index (χ3v) is 5.48. The SMILES string of the molecule is CCN(CC)CCOc1ccccc1CNC(=NC)NCCc1ncc(C)s1. The van der Waals surface area contributed by atoms with E-state index in [0.29, 0.717) is 13.2 Å². The highest BCUT2D eigenvalue weighted by molar-refractivity contribution is 7.11. The molecule has 2 rings (SSSR count). The van der Waals surface area contributed by atoms with E-state index < -0.39 is 0 Å². The maximum absolute atomic E-state index is 6.03. The monoisotopic (exact) mass is 403 g/mol. The molecule has 0 fully saturated rings. The van der Waals surface area contributed by atoms with E-state index in [1.807, 2.05) is 24.4 Å². The summed E-state index contributed by atoms with van der Waals surface area (Å²) in [4.78, 5) is 12.3. The van der Waals surface area contributed by atoms with E-state index in [-0.39, 0.29) is 0 Å². The Morgan fingerprint density at radius 2 is 2.00 bits per heavy atom. The van der Waals surface area contributed by atoms with Crippen molar-refractivity contribution < 1.29 is 4.74 Å². The molecule has 0 spiro atoms. The number of guanidine groups is 1. The first kappa shape index (κ1) is 22.2. The fraction of sp³-hybridized carbons (Fsp3) is 0.524. The van der Waals surface area contributed by atoms with Crippen molar-refractivity contribution in [2.24, 2.45) is 4.99 Å². The number of benzene rings is 1. The van der Waals surface area contributed by atoms with Crippen molar-refractivity contribution in [3.63, 3.8) is 0 Å². The Kier molecular flexibility index (Phi) is 9.79. The van der Waals surface area contributed by atoms with Gasteiger partial charge in [-0.15, -0.1) is 11.3 Å². The summed E-state index contributed by atoms with van der Waals surface area (Å²) in [5.41, 5.74) is 1.13. The second-order valence-electron chi connectivity index (χ2n) is 6.45. The van der Waals surface area contributed by atoms with Gasteiger partial charge in [0, 0.05) is 49.7 Å². The van der Waals surface area contributed by atoms with Crippen LogP contribution < -0.4 is 15.4 Å². The van der Waals surface area contributed by atoms with Crippen LogP contribution in [0.15, 0.2) is 35.5 Å². The second kappa shape index (κ2) is 12.4. The van der Waals surface area contributed by atoms with Gasteiger partial charge in [-0.05, 0) is 26.1 Å². The highest BCUT2D eigenvalue weighted by Crippen LogP contribution is 2.17. The number of aromatic nitrogens is 1. The van der Waals surface area contributed by atoms with Crippen LogP contribution in [0.25, 0.3) is 0 Å². The van der Waals surface area contributed by atoms with Gasteiger partial charge in [0.25, 0.3) is 0 Å². The highest BCUT2D eigenvalue weighted by atomic mass is 32.1. The number of rotatable bonds is 11. The number of aliphatic imine (C=N–C) groups is 1. The Morgan fingerprint density at radius 3 is 2.68 bits per heavy atom. The summed E-state index contributed by atoms with van der Waals surface area (Å²) in [6.07, 6.45) is 2.81. The number of para-hydroxylation sites is 1. The van der Waals surface area contributed by atoms with Crippen LogP contribution >= 0.6 is 11.3 Å². The zero-order chi connectivity index (χ0) is 20.2. The molecule has 0 unspecified atom stereocenters. The van der Waals surface area contributed by atoms with Gasteiger partial charge in [0.05, 0.1) is 5.01 Å². The van der Waals surface area contributed by atoms with Crippen LogP contribution in [0.4, 0.5) is 0 Å². The molecule has 154 valence electrons. The molecule has 7 heteroatoms. The number of ether oxygens (including phenoxy) is 1. The van der Waals surface area contributed by atoms with Crippen LogP contribution in [0, 0.1) is 6.92 Å². The summed E-state index contributed by atoms with van der Waals surface area (Å²) in [6, 6.07) is 8.17. The molecule has 1 heterocycles. The fourth-order valence-electron chi connectivity index (χ4n) is 2.82. The lowest BCUT2D eigenvalue weighted by Crippen LogP contribution is -2.38. The lowest BCUT2D eigenvalue weighted by molar-refractivity contribution is 0.221. The van der Waals surface area contributed by atoms with E-state index in [4.69, 9.17) is 4.74 Å². The van der Waals surface area contributed by atoms with E-state index in [0.717, 1.165) is 54.9 Å². The van der Waals surface area contributed by atoms with Gasteiger partial charge in [-0.1, -0.05) is 32.0 Å². The largest absolute Gasteiger partial charge is 0.492 e. The summed E-state index contributed by atoms with van der Waals surface area (Å²) < 4.78 is 6.03. The highest BCUT2D eigenvalue weighted by Gasteiger charge is 2.06. The molecule has 1 aromatic carbocycles. The van der Waals surface area contributed by atoms with Crippen LogP contribution in [0.5, 0.6) is 5.75 Å². The maximum atomic E-state index is 6.03. The Bertz CT molecular complexity index is 727. The Balaban J connectivity index is 1.79. The molecule has 0 aliphatic carbocycles. The van der Waals surface area contributed by atoms with E-state index in [2.05, 4.69) is 52.3 Å². The van der Waals surface area contributed by atoms with Gasteiger partial charge in [0.2, 0.25) is 0 Å². The van der Waals surface area contributed by atoms with Crippen molar-refractivity contribution in [1.29, 1.82) is 0 Å². The van der Waals surface area contributed by atoms with Gasteiger partial charge in [-0.2, -0.15) is 0 Å². The smallest absolute Gasteiger partial charge is 0.191 e. The Hall–Kier alpha value is -2.12. The number of hydrogen-bond acceptors (Lipinski definition) is 5. The van der Waals surface area contributed by atoms with Gasteiger partial charge in [-0.3, -0.25) is 4.99 Å². The summed E-state index contributed by atoms with van der Waals surface area (Å²) >= 11 is 1.74. The van der Waals surface area contributed by atoms with Gasteiger partial charge in [0.1, 0.15) is 12.4 Å². The van der Waals surface area contributed by atoms with Crippen molar-refractivity contribution in [3.05, 3.63) is 45.9 Å². The number of aryl methyl sites for hydroxylation is 1. The minimum atomic E-state index is 0.664. The molecule has 0 amide bonds. The quantitative estimate of drug-likeness (QED) is 0.446. The first-order valence-corrected chi connectivity index (χ1v) is 10.8. The number of thiazole rings is 1. The summed E-state index contributed by atoms with van der Waals surface area (Å²) in [5, 5.41) is 7.86. The lowest BCUT2D eigenvalue weighted by Gasteiger charge is -2.19. The van der Waals surface area contributed by atoms with Gasteiger partial charge in [0.15, 0.2) is 5.96 Å². The minimum Gasteiger partial charge on any atom is -0.492 e. The van der Waals surface area contributed by atoms with E-state index in [1.165, 1.54) is 4.88 Å². The Labute approximate surface area is 173 Å². The molecule has 1 aromatic heterocycles. The lowest BCUT2D eigenvalue weighted by atomic mass is 10.2. The molecule has 0 aliphatic rings. The molecule has 28 heavy (non-hydrogen) atoms. The first-order valence-electron chi connectivity index (χ1n) is 9.95. The van der Waals surface area contributed by atoms with Crippen LogP contribution in [0.3, 0.4) is 0 Å². The summed E-state index contributed by atoms with van der Waals surface area (Å²) in [6.45, 7) is 11.6.